The van der Waals surface area contributed by atoms with Gasteiger partial charge in [0.2, 0.25) is 5.79 Å². The van der Waals surface area contributed by atoms with Crippen molar-refractivity contribution in [2.24, 2.45) is 0 Å². The second kappa shape index (κ2) is 14.4. The SMILES string of the molecule is CC(C)c1c(C(=O)Nc2ccccc2)c(-c2ccccc2)c(-c2ccc(F)cc2)n1CCC1CC(CC(=O)OC(C)(C)O)OC(C)(C)O1. The van der Waals surface area contributed by atoms with Crippen LogP contribution in [0, 0.1) is 5.82 Å². The molecule has 1 fully saturated rings. The number of anilines is 1. The number of esters is 1. The molecule has 0 spiro atoms. The van der Waals surface area contributed by atoms with Gasteiger partial charge in [-0.1, -0.05) is 62.4 Å². The van der Waals surface area contributed by atoms with E-state index in [-0.39, 0.29) is 30.2 Å². The Morgan fingerprint density at radius 3 is 2.17 bits per heavy atom. The summed E-state index contributed by atoms with van der Waals surface area (Å²) in [6, 6.07) is 25.5. The lowest BCUT2D eigenvalue weighted by molar-refractivity contribution is -0.301. The Bertz CT molecular complexity index is 1710. The maximum absolute atomic E-state index is 14.3. The Morgan fingerprint density at radius 2 is 1.56 bits per heavy atom. The number of aromatic nitrogens is 1. The Kier molecular flexibility index (Phi) is 10.5. The number of amides is 1. The van der Waals surface area contributed by atoms with Crippen LogP contribution in [0.15, 0.2) is 84.9 Å². The van der Waals surface area contributed by atoms with Gasteiger partial charge in [0.25, 0.3) is 5.91 Å². The van der Waals surface area contributed by atoms with Gasteiger partial charge in [0, 0.05) is 43.8 Å². The van der Waals surface area contributed by atoms with Gasteiger partial charge < -0.3 is 29.2 Å². The molecule has 4 aromatic rings. The first-order valence-electron chi connectivity index (χ1n) is 16.4. The highest BCUT2D eigenvalue weighted by molar-refractivity contribution is 6.12. The lowest BCUT2D eigenvalue weighted by Crippen LogP contribution is -2.46. The summed E-state index contributed by atoms with van der Waals surface area (Å²) >= 11 is 0. The third-order valence-corrected chi connectivity index (χ3v) is 8.15. The van der Waals surface area contributed by atoms with Crippen LogP contribution in [-0.4, -0.2) is 45.3 Å². The number of para-hydroxylation sites is 1. The summed E-state index contributed by atoms with van der Waals surface area (Å²) in [7, 11) is 0. The van der Waals surface area contributed by atoms with Crippen molar-refractivity contribution in [3.05, 3.63) is 102 Å². The van der Waals surface area contributed by atoms with Gasteiger partial charge >= 0.3 is 5.97 Å². The number of nitrogens with zero attached hydrogens (tertiary/aromatic N) is 1. The molecule has 2 heterocycles. The van der Waals surface area contributed by atoms with Crippen molar-refractivity contribution in [1.82, 2.24) is 4.57 Å². The normalized spacial score (nSPS) is 17.7. The van der Waals surface area contributed by atoms with Crippen LogP contribution in [0.3, 0.4) is 0 Å². The minimum absolute atomic E-state index is 0.0309. The highest BCUT2D eigenvalue weighted by Gasteiger charge is 2.38. The van der Waals surface area contributed by atoms with E-state index in [9.17, 15) is 19.1 Å². The number of carbonyl (C=O) groups is 2. The Morgan fingerprint density at radius 1 is 0.958 bits per heavy atom. The highest BCUT2D eigenvalue weighted by Crippen LogP contribution is 2.43. The summed E-state index contributed by atoms with van der Waals surface area (Å²) in [5.41, 5.74) is 5.29. The fourth-order valence-electron chi connectivity index (χ4n) is 6.51. The fourth-order valence-corrected chi connectivity index (χ4v) is 6.51. The number of ether oxygens (including phenoxy) is 3. The zero-order chi connectivity index (χ0) is 34.6. The van der Waals surface area contributed by atoms with Crippen LogP contribution in [0.5, 0.6) is 0 Å². The largest absolute Gasteiger partial charge is 0.434 e. The van der Waals surface area contributed by atoms with Crippen LogP contribution in [-0.2, 0) is 25.5 Å². The molecule has 1 aliphatic rings. The fraction of sp³-hybridized carbons (Fsp3) is 0.385. The van der Waals surface area contributed by atoms with Crippen LogP contribution in [0.4, 0.5) is 10.1 Å². The van der Waals surface area contributed by atoms with Crippen molar-refractivity contribution < 1.29 is 33.3 Å². The maximum atomic E-state index is 14.3. The molecule has 1 saturated heterocycles. The number of carbonyl (C=O) groups excluding carboxylic acids is 2. The Hall–Kier alpha value is -4.31. The van der Waals surface area contributed by atoms with E-state index >= 15 is 0 Å². The van der Waals surface area contributed by atoms with Crippen molar-refractivity contribution >= 4 is 17.6 Å². The van der Waals surface area contributed by atoms with E-state index in [0.717, 1.165) is 28.1 Å². The second-order valence-corrected chi connectivity index (χ2v) is 13.5. The van der Waals surface area contributed by atoms with Gasteiger partial charge in [0.05, 0.1) is 29.9 Å². The van der Waals surface area contributed by atoms with Gasteiger partial charge in [-0.2, -0.15) is 0 Å². The van der Waals surface area contributed by atoms with Gasteiger partial charge in [-0.3, -0.25) is 9.59 Å². The molecular weight excluding hydrogens is 611 g/mol. The van der Waals surface area contributed by atoms with Crippen LogP contribution in [0.25, 0.3) is 22.4 Å². The quantitative estimate of drug-likeness (QED) is 0.125. The van der Waals surface area contributed by atoms with E-state index in [1.165, 1.54) is 26.0 Å². The standard InChI is InChI=1S/C39H45FN2O6/c1-25(2)35-34(37(44)41-29-15-11-8-12-16-29)33(26-13-9-7-10-14-26)36(27-17-19-28(40)20-18-27)42(35)22-21-30-23-31(47-39(5,6)46-30)24-32(43)48-38(3,4)45/h7-20,25,30-31,45H,21-24H2,1-6H3,(H,41,44). The minimum atomic E-state index is -1.59. The second-order valence-electron chi connectivity index (χ2n) is 13.5. The van der Waals surface area contributed by atoms with Crippen molar-refractivity contribution in [1.29, 1.82) is 0 Å². The predicted octanol–water partition coefficient (Wildman–Crippen LogP) is 8.30. The van der Waals surface area contributed by atoms with Gasteiger partial charge in [-0.25, -0.2) is 4.39 Å². The van der Waals surface area contributed by atoms with E-state index in [1.807, 2.05) is 74.5 Å². The van der Waals surface area contributed by atoms with Crippen molar-refractivity contribution in [3.63, 3.8) is 0 Å². The van der Waals surface area contributed by atoms with Crippen molar-refractivity contribution in [2.45, 2.75) is 97.0 Å². The maximum Gasteiger partial charge on any atom is 0.310 e. The third-order valence-electron chi connectivity index (χ3n) is 8.15. The molecule has 1 aromatic heterocycles. The summed E-state index contributed by atoms with van der Waals surface area (Å²) in [6.45, 7) is 11.0. The monoisotopic (exact) mass is 656 g/mol. The smallest absolute Gasteiger partial charge is 0.310 e. The zero-order valence-electron chi connectivity index (χ0n) is 28.5. The molecule has 8 nitrogen and oxygen atoms in total. The van der Waals surface area contributed by atoms with Crippen molar-refractivity contribution in [2.75, 3.05) is 5.32 Å². The zero-order valence-corrected chi connectivity index (χ0v) is 28.5. The molecule has 9 heteroatoms. The van der Waals surface area contributed by atoms with Gasteiger partial charge in [0.1, 0.15) is 5.82 Å². The van der Waals surface area contributed by atoms with E-state index in [0.29, 0.717) is 30.6 Å². The third kappa shape index (κ3) is 8.58. The molecule has 1 aliphatic heterocycles. The molecule has 2 atom stereocenters. The first-order chi connectivity index (χ1) is 22.7. The lowest BCUT2D eigenvalue weighted by atomic mass is 9.94. The summed E-state index contributed by atoms with van der Waals surface area (Å²) in [5, 5.41) is 13.1. The van der Waals surface area contributed by atoms with Crippen molar-refractivity contribution in [3.8, 4) is 22.4 Å². The number of hydrogen-bond donors (Lipinski definition) is 2. The molecule has 3 aromatic carbocycles. The molecule has 0 aliphatic carbocycles. The summed E-state index contributed by atoms with van der Waals surface area (Å²) in [5.74, 6) is -3.76. The number of nitrogens with one attached hydrogen (secondary N) is 1. The summed E-state index contributed by atoms with van der Waals surface area (Å²) < 4.78 is 34.0. The molecule has 5 rings (SSSR count). The Balaban J connectivity index is 1.59. The average Bonchev–Trinajstić information content (AvgIpc) is 3.35. The molecular formula is C39H45FN2O6. The topological polar surface area (TPSA) is 99.0 Å². The molecule has 0 radical (unpaired) electrons. The first kappa shape index (κ1) is 35.0. The van der Waals surface area contributed by atoms with Crippen LogP contribution >= 0.6 is 0 Å². The van der Waals surface area contributed by atoms with Gasteiger partial charge in [-0.15, -0.1) is 0 Å². The molecule has 2 unspecified atom stereocenters. The number of hydrogen-bond acceptors (Lipinski definition) is 6. The number of rotatable bonds is 11. The van der Waals surface area contributed by atoms with Crippen LogP contribution in [0.2, 0.25) is 0 Å². The average molecular weight is 657 g/mol. The molecule has 0 saturated carbocycles. The first-order valence-corrected chi connectivity index (χ1v) is 16.4. The van der Waals surface area contributed by atoms with Gasteiger partial charge in [0.15, 0.2) is 5.79 Å². The summed E-state index contributed by atoms with van der Waals surface area (Å²) in [6.07, 6.45) is 0.170. The number of halogens is 1. The van der Waals surface area contributed by atoms with E-state index in [1.54, 1.807) is 12.1 Å². The number of aliphatic hydroxyl groups is 1. The molecule has 1 amide bonds. The highest BCUT2D eigenvalue weighted by atomic mass is 19.1. The molecule has 48 heavy (non-hydrogen) atoms. The predicted molar refractivity (Wildman–Crippen MR) is 184 cm³/mol. The lowest BCUT2D eigenvalue weighted by Gasteiger charge is -2.41. The van der Waals surface area contributed by atoms with Gasteiger partial charge in [-0.05, 0) is 73.7 Å². The minimum Gasteiger partial charge on any atom is -0.434 e. The van der Waals surface area contributed by atoms with E-state index in [2.05, 4.69) is 23.7 Å². The van der Waals surface area contributed by atoms with E-state index in [4.69, 9.17) is 14.2 Å². The molecule has 2 N–H and O–H groups in total. The van der Waals surface area contributed by atoms with E-state index < -0.39 is 23.6 Å². The number of benzene rings is 3. The molecule has 254 valence electrons. The van der Waals surface area contributed by atoms with Crippen LogP contribution in [0.1, 0.15) is 82.8 Å². The van der Waals surface area contributed by atoms with Crippen LogP contribution < -0.4 is 5.32 Å². The molecule has 0 bridgehead atoms. The Labute approximate surface area is 281 Å². The summed E-state index contributed by atoms with van der Waals surface area (Å²) in [4.78, 5) is 26.9.